The van der Waals surface area contributed by atoms with Gasteiger partial charge >= 0.3 is 111 Å². The van der Waals surface area contributed by atoms with Gasteiger partial charge in [-0.15, -0.1) is 0 Å². The molecule has 17 heavy (non-hydrogen) atoms. The first kappa shape index (κ1) is 14.3. The molecule has 1 aromatic carbocycles. The van der Waals surface area contributed by atoms with E-state index in [2.05, 4.69) is 48.6 Å². The Morgan fingerprint density at radius 1 is 1.29 bits per heavy atom. The van der Waals surface area contributed by atoms with Crippen LogP contribution in [0.2, 0.25) is 4.82 Å². The third-order valence-corrected chi connectivity index (χ3v) is 4.86. The number of hydrogen-bond acceptors (Lipinski definition) is 2. The topological polar surface area (TPSA) is 15.6 Å². The molecule has 0 fully saturated rings. The van der Waals surface area contributed by atoms with Crippen LogP contribution in [-0.2, 0) is 0 Å². The fourth-order valence-corrected chi connectivity index (χ4v) is 3.68. The summed E-state index contributed by atoms with van der Waals surface area (Å²) in [4.78, 5) is 0.618. The van der Waals surface area contributed by atoms with Gasteiger partial charge in [-0.2, -0.15) is 0 Å². The first-order valence-corrected chi connectivity index (χ1v) is 8.00. The summed E-state index contributed by atoms with van der Waals surface area (Å²) in [5.74, 6) is 0. The molecule has 0 spiro atoms. The van der Waals surface area contributed by atoms with E-state index in [4.69, 9.17) is 0 Å². The number of nitrogens with zero attached hydrogens (tertiary/aromatic N) is 2. The van der Waals surface area contributed by atoms with Gasteiger partial charge in [0.1, 0.15) is 0 Å². The van der Waals surface area contributed by atoms with E-state index in [1.54, 1.807) is 0 Å². The number of hydrogen-bond donors (Lipinski definition) is 0. The van der Waals surface area contributed by atoms with Crippen molar-refractivity contribution in [3.8, 4) is 0 Å². The standard InChI is InChI=1S/C14H22N2Se/c1-4-5-9-14(12-15-16(2)3)17-13-10-7-6-8-11-13/h6-8,10-12,14H,4-5,9H2,1-3H3/b15-12+. The molecule has 0 bridgehead atoms. The fourth-order valence-electron chi connectivity index (χ4n) is 1.45. The molecule has 3 heteroatoms. The van der Waals surface area contributed by atoms with Crippen molar-refractivity contribution >= 4 is 25.6 Å². The van der Waals surface area contributed by atoms with Crippen LogP contribution in [0.25, 0.3) is 0 Å². The molecule has 0 aliphatic carbocycles. The van der Waals surface area contributed by atoms with Gasteiger partial charge in [-0.25, -0.2) is 0 Å². The first-order chi connectivity index (χ1) is 8.22. The van der Waals surface area contributed by atoms with Crippen LogP contribution in [0.4, 0.5) is 0 Å². The molecule has 0 heterocycles. The summed E-state index contributed by atoms with van der Waals surface area (Å²) in [6.45, 7) is 2.25. The molecule has 94 valence electrons. The van der Waals surface area contributed by atoms with Gasteiger partial charge in [-0.1, -0.05) is 0 Å². The van der Waals surface area contributed by atoms with Gasteiger partial charge in [0, 0.05) is 0 Å². The average molecular weight is 297 g/mol. The van der Waals surface area contributed by atoms with Crippen LogP contribution < -0.4 is 4.46 Å². The van der Waals surface area contributed by atoms with E-state index in [1.807, 2.05) is 19.1 Å². The van der Waals surface area contributed by atoms with Gasteiger partial charge in [0.25, 0.3) is 0 Å². The minimum atomic E-state index is 0.496. The van der Waals surface area contributed by atoms with E-state index in [0.29, 0.717) is 19.8 Å². The quantitative estimate of drug-likeness (QED) is 0.429. The maximum absolute atomic E-state index is 4.40. The SMILES string of the molecule is CCCCC(/C=N/N(C)C)[Se]c1ccccc1. The Morgan fingerprint density at radius 2 is 2.00 bits per heavy atom. The van der Waals surface area contributed by atoms with E-state index in [1.165, 1.54) is 23.7 Å². The molecule has 1 rings (SSSR count). The van der Waals surface area contributed by atoms with Crippen molar-refractivity contribution in [3.05, 3.63) is 30.3 Å². The van der Waals surface area contributed by atoms with E-state index >= 15 is 0 Å². The predicted octanol–water partition coefficient (Wildman–Crippen LogP) is 2.54. The summed E-state index contributed by atoms with van der Waals surface area (Å²) in [5, 5.41) is 6.27. The molecule has 2 nitrogen and oxygen atoms in total. The Bertz CT molecular complexity index is 322. The molecular formula is C14H22N2Se. The van der Waals surface area contributed by atoms with Crippen LogP contribution in [0.15, 0.2) is 35.4 Å². The molecular weight excluding hydrogens is 275 g/mol. The molecule has 1 atom stereocenters. The van der Waals surface area contributed by atoms with Crippen molar-refractivity contribution in [1.29, 1.82) is 0 Å². The molecule has 0 aliphatic rings. The van der Waals surface area contributed by atoms with Crippen molar-refractivity contribution in [2.45, 2.75) is 31.0 Å². The zero-order chi connectivity index (χ0) is 12.5. The summed E-state index contributed by atoms with van der Waals surface area (Å²) in [6.07, 6.45) is 5.93. The summed E-state index contributed by atoms with van der Waals surface area (Å²) < 4.78 is 1.46. The van der Waals surface area contributed by atoms with Crippen molar-refractivity contribution in [3.63, 3.8) is 0 Å². The predicted molar refractivity (Wildman–Crippen MR) is 77.3 cm³/mol. The average Bonchev–Trinajstić information content (AvgIpc) is 2.34. The molecule has 0 saturated carbocycles. The Labute approximate surface area is 111 Å². The number of benzene rings is 1. The van der Waals surface area contributed by atoms with Gasteiger partial charge in [0.05, 0.1) is 0 Å². The van der Waals surface area contributed by atoms with E-state index in [-0.39, 0.29) is 0 Å². The second-order valence-corrected chi connectivity index (χ2v) is 6.98. The molecule has 0 N–H and O–H groups in total. The fraction of sp³-hybridized carbons (Fsp3) is 0.500. The van der Waals surface area contributed by atoms with Crippen LogP contribution in [0.5, 0.6) is 0 Å². The molecule has 1 aromatic rings. The zero-order valence-electron chi connectivity index (χ0n) is 11.0. The summed E-state index contributed by atoms with van der Waals surface area (Å²) in [7, 11) is 3.95. The van der Waals surface area contributed by atoms with Gasteiger partial charge in [-0.05, 0) is 0 Å². The monoisotopic (exact) mass is 298 g/mol. The van der Waals surface area contributed by atoms with Crippen LogP contribution in [-0.4, -0.2) is 40.3 Å². The molecule has 0 saturated heterocycles. The maximum atomic E-state index is 4.40. The Hall–Kier alpha value is -0.791. The molecule has 0 aliphatic heterocycles. The zero-order valence-corrected chi connectivity index (χ0v) is 12.7. The number of unbranched alkanes of at least 4 members (excludes halogenated alkanes) is 1. The summed E-state index contributed by atoms with van der Waals surface area (Å²) >= 11 is 0.496. The second-order valence-electron chi connectivity index (χ2n) is 4.22. The van der Waals surface area contributed by atoms with Crippen LogP contribution in [0.3, 0.4) is 0 Å². The Morgan fingerprint density at radius 3 is 2.59 bits per heavy atom. The third-order valence-electron chi connectivity index (χ3n) is 2.34. The third kappa shape index (κ3) is 6.50. The first-order valence-electron chi connectivity index (χ1n) is 6.15. The van der Waals surface area contributed by atoms with Crippen LogP contribution in [0.1, 0.15) is 26.2 Å². The van der Waals surface area contributed by atoms with Gasteiger partial charge in [0.2, 0.25) is 0 Å². The van der Waals surface area contributed by atoms with Gasteiger partial charge in [-0.3, -0.25) is 0 Å². The van der Waals surface area contributed by atoms with Gasteiger partial charge < -0.3 is 0 Å². The van der Waals surface area contributed by atoms with Crippen LogP contribution in [0, 0.1) is 0 Å². The molecule has 0 radical (unpaired) electrons. The van der Waals surface area contributed by atoms with Crippen molar-refractivity contribution in [2.24, 2.45) is 5.10 Å². The number of hydrazone groups is 1. The summed E-state index contributed by atoms with van der Waals surface area (Å²) in [6, 6.07) is 10.8. The van der Waals surface area contributed by atoms with Gasteiger partial charge in [0.15, 0.2) is 0 Å². The van der Waals surface area contributed by atoms with E-state index < -0.39 is 0 Å². The van der Waals surface area contributed by atoms with Crippen molar-refractivity contribution < 1.29 is 0 Å². The van der Waals surface area contributed by atoms with Crippen molar-refractivity contribution in [1.82, 2.24) is 5.01 Å². The second kappa shape index (κ2) is 8.32. The van der Waals surface area contributed by atoms with Crippen molar-refractivity contribution in [2.75, 3.05) is 14.1 Å². The Kier molecular flexibility index (Phi) is 6.99. The molecule has 1 unspecified atom stereocenters. The molecule has 0 amide bonds. The van der Waals surface area contributed by atoms with E-state index in [0.717, 1.165) is 0 Å². The normalized spacial score (nSPS) is 12.9. The minimum absolute atomic E-state index is 0.496. The Balaban J connectivity index is 2.57. The summed E-state index contributed by atoms with van der Waals surface area (Å²) in [5.41, 5.74) is 0. The van der Waals surface area contributed by atoms with E-state index in [9.17, 15) is 0 Å². The number of rotatable bonds is 7. The van der Waals surface area contributed by atoms with Crippen LogP contribution >= 0.6 is 0 Å². The molecule has 0 aromatic heterocycles.